The van der Waals surface area contributed by atoms with Crippen LogP contribution >= 0.6 is 0 Å². The molecular formula is C12H22N4O3. The Kier molecular flexibility index (Phi) is 4.99. The molecule has 0 fully saturated rings. The molecule has 0 spiro atoms. The van der Waals surface area contributed by atoms with Crippen molar-refractivity contribution in [3.05, 3.63) is 5.82 Å². The van der Waals surface area contributed by atoms with E-state index in [1.54, 1.807) is 4.68 Å². The first-order valence-electron chi connectivity index (χ1n) is 6.33. The van der Waals surface area contributed by atoms with Gasteiger partial charge in [-0.15, -0.1) is 5.10 Å². The molecule has 7 heteroatoms. The van der Waals surface area contributed by atoms with Crippen molar-refractivity contribution in [3.8, 4) is 0 Å². The first-order valence-corrected chi connectivity index (χ1v) is 6.33. The molecule has 1 aromatic rings. The Morgan fingerprint density at radius 1 is 1.42 bits per heavy atom. The molecule has 108 valence electrons. The van der Waals surface area contributed by atoms with E-state index in [0.717, 1.165) is 0 Å². The van der Waals surface area contributed by atoms with Gasteiger partial charge in [-0.1, -0.05) is 13.8 Å². The normalized spacial score (nSPS) is 13.8. The predicted molar refractivity (Wildman–Crippen MR) is 68.5 cm³/mol. The predicted octanol–water partition coefficient (Wildman–Crippen LogP) is 1.66. The van der Waals surface area contributed by atoms with Crippen LogP contribution in [-0.2, 0) is 16.1 Å². The molecule has 1 atom stereocenters. The van der Waals surface area contributed by atoms with Crippen LogP contribution in [0.15, 0.2) is 0 Å². The Balaban J connectivity index is 2.87. The number of carboxylic acids is 1. The molecule has 0 saturated carbocycles. The van der Waals surface area contributed by atoms with Gasteiger partial charge in [0.1, 0.15) is 6.61 Å². The zero-order valence-corrected chi connectivity index (χ0v) is 12.1. The van der Waals surface area contributed by atoms with Crippen LogP contribution < -0.4 is 0 Å². The fourth-order valence-electron chi connectivity index (χ4n) is 1.63. The molecule has 1 heterocycles. The number of aromatic nitrogens is 4. The van der Waals surface area contributed by atoms with Crippen LogP contribution in [0.1, 0.15) is 52.9 Å². The Bertz CT molecular complexity index is 423. The number of nitrogens with zero attached hydrogens (tertiary/aromatic N) is 4. The molecule has 1 unspecified atom stereocenters. The zero-order chi connectivity index (χ0) is 14.6. The number of aliphatic carboxylic acids is 1. The molecule has 0 amide bonds. The van der Waals surface area contributed by atoms with E-state index in [2.05, 4.69) is 15.5 Å². The molecule has 1 aromatic heterocycles. The maximum Gasteiger partial charge on any atom is 0.305 e. The number of hydrogen-bond acceptors (Lipinski definition) is 5. The number of carbonyl (C=O) groups is 1. The van der Waals surface area contributed by atoms with Gasteiger partial charge < -0.3 is 9.84 Å². The average Bonchev–Trinajstić information content (AvgIpc) is 2.69. The summed E-state index contributed by atoms with van der Waals surface area (Å²) in [5, 5.41) is 20.4. The van der Waals surface area contributed by atoms with Crippen LogP contribution in [0.4, 0.5) is 0 Å². The topological polar surface area (TPSA) is 90.1 Å². The quantitative estimate of drug-likeness (QED) is 0.845. The molecule has 1 rings (SSSR count). The Morgan fingerprint density at radius 2 is 2.05 bits per heavy atom. The highest BCUT2D eigenvalue weighted by Gasteiger charge is 2.24. The number of carboxylic acid groups (broad SMARTS) is 1. The summed E-state index contributed by atoms with van der Waals surface area (Å²) in [5.74, 6) is -0.195. The summed E-state index contributed by atoms with van der Waals surface area (Å²) >= 11 is 0. The van der Waals surface area contributed by atoms with Gasteiger partial charge in [0, 0.05) is 0 Å². The van der Waals surface area contributed by atoms with E-state index in [1.165, 1.54) is 0 Å². The average molecular weight is 270 g/mol. The Hall–Kier alpha value is -1.50. The molecule has 0 aliphatic heterocycles. The van der Waals surface area contributed by atoms with Crippen LogP contribution in [0.25, 0.3) is 0 Å². The Morgan fingerprint density at radius 3 is 2.53 bits per heavy atom. The number of rotatable bonds is 6. The fourth-order valence-corrected chi connectivity index (χ4v) is 1.63. The fraction of sp³-hybridized carbons (Fsp3) is 0.833. The van der Waals surface area contributed by atoms with Gasteiger partial charge in [-0.3, -0.25) is 4.79 Å². The smallest absolute Gasteiger partial charge is 0.305 e. The Labute approximate surface area is 112 Å². The molecule has 0 saturated heterocycles. The minimum Gasteiger partial charge on any atom is -0.481 e. The third-order valence-corrected chi connectivity index (χ3v) is 2.66. The molecule has 0 aromatic carbocycles. The summed E-state index contributed by atoms with van der Waals surface area (Å²) in [6.07, 6.45) is -0.00871. The van der Waals surface area contributed by atoms with Crippen molar-refractivity contribution in [1.29, 1.82) is 0 Å². The summed E-state index contributed by atoms with van der Waals surface area (Å²) in [7, 11) is 0. The van der Waals surface area contributed by atoms with Crippen molar-refractivity contribution in [3.63, 3.8) is 0 Å². The molecule has 0 aliphatic carbocycles. The van der Waals surface area contributed by atoms with E-state index >= 15 is 0 Å². The lowest BCUT2D eigenvalue weighted by atomic mass is 10.0. The van der Waals surface area contributed by atoms with Gasteiger partial charge in [0.15, 0.2) is 5.82 Å². The lowest BCUT2D eigenvalue weighted by Gasteiger charge is -2.22. The summed E-state index contributed by atoms with van der Waals surface area (Å²) in [4.78, 5) is 10.9. The lowest BCUT2D eigenvalue weighted by Crippen LogP contribution is -2.25. The second kappa shape index (κ2) is 6.10. The zero-order valence-electron chi connectivity index (χ0n) is 12.1. The first-order chi connectivity index (χ1) is 8.70. The van der Waals surface area contributed by atoms with Gasteiger partial charge in [-0.05, 0) is 37.1 Å². The van der Waals surface area contributed by atoms with Crippen molar-refractivity contribution in [2.45, 2.75) is 59.3 Å². The van der Waals surface area contributed by atoms with Gasteiger partial charge in [0.05, 0.1) is 18.1 Å². The highest BCUT2D eigenvalue weighted by molar-refractivity contribution is 5.67. The minimum atomic E-state index is -0.864. The number of hydrogen-bond donors (Lipinski definition) is 1. The molecule has 19 heavy (non-hydrogen) atoms. The molecule has 0 aliphatic rings. The summed E-state index contributed by atoms with van der Waals surface area (Å²) in [6.45, 7) is 9.99. The maximum atomic E-state index is 10.9. The van der Waals surface area contributed by atoms with Gasteiger partial charge >= 0.3 is 5.97 Å². The van der Waals surface area contributed by atoms with Crippen LogP contribution in [0.3, 0.4) is 0 Å². The largest absolute Gasteiger partial charge is 0.481 e. The first kappa shape index (κ1) is 15.6. The monoisotopic (exact) mass is 270 g/mol. The highest BCUT2D eigenvalue weighted by atomic mass is 16.5. The van der Waals surface area contributed by atoms with Crippen molar-refractivity contribution in [2.24, 2.45) is 5.92 Å². The van der Waals surface area contributed by atoms with Crippen molar-refractivity contribution >= 4 is 5.97 Å². The van der Waals surface area contributed by atoms with Gasteiger partial charge in [0.2, 0.25) is 0 Å². The van der Waals surface area contributed by atoms with Crippen LogP contribution in [-0.4, -0.2) is 36.9 Å². The summed E-state index contributed by atoms with van der Waals surface area (Å²) in [5.41, 5.74) is -0.295. The minimum absolute atomic E-state index is 0.00871. The van der Waals surface area contributed by atoms with Crippen molar-refractivity contribution in [2.75, 3.05) is 0 Å². The van der Waals surface area contributed by atoms with Gasteiger partial charge in [-0.25, -0.2) is 4.68 Å². The third kappa shape index (κ3) is 4.94. The number of tetrazole rings is 1. The molecular weight excluding hydrogens is 248 g/mol. The third-order valence-electron chi connectivity index (χ3n) is 2.66. The molecule has 0 bridgehead atoms. The summed E-state index contributed by atoms with van der Waals surface area (Å²) < 4.78 is 7.20. The van der Waals surface area contributed by atoms with Gasteiger partial charge in [-0.2, -0.15) is 0 Å². The van der Waals surface area contributed by atoms with E-state index in [-0.39, 0.29) is 30.6 Å². The van der Waals surface area contributed by atoms with Crippen molar-refractivity contribution in [1.82, 2.24) is 20.2 Å². The van der Waals surface area contributed by atoms with E-state index in [1.807, 2.05) is 34.6 Å². The standard InChI is InChI=1S/C12H22N4O3/c1-8(2)9(6-11(17)18)16-10(13-14-15-16)7-19-12(3,4)5/h8-9H,6-7H2,1-5H3,(H,17,18). The van der Waals surface area contributed by atoms with Crippen LogP contribution in [0.2, 0.25) is 0 Å². The lowest BCUT2D eigenvalue weighted by molar-refractivity contribution is -0.138. The van der Waals surface area contributed by atoms with E-state index in [0.29, 0.717) is 5.82 Å². The maximum absolute atomic E-state index is 10.9. The van der Waals surface area contributed by atoms with E-state index in [9.17, 15) is 4.79 Å². The van der Waals surface area contributed by atoms with Gasteiger partial charge in [0.25, 0.3) is 0 Å². The van der Waals surface area contributed by atoms with Crippen LogP contribution in [0, 0.1) is 5.92 Å². The molecule has 1 N–H and O–H groups in total. The second-order valence-electron chi connectivity index (χ2n) is 5.85. The second-order valence-corrected chi connectivity index (χ2v) is 5.85. The molecule has 0 radical (unpaired) electrons. The van der Waals surface area contributed by atoms with E-state index < -0.39 is 5.97 Å². The molecule has 7 nitrogen and oxygen atoms in total. The van der Waals surface area contributed by atoms with E-state index in [4.69, 9.17) is 9.84 Å². The van der Waals surface area contributed by atoms with Crippen LogP contribution in [0.5, 0.6) is 0 Å². The highest BCUT2D eigenvalue weighted by Crippen LogP contribution is 2.22. The number of ether oxygens (including phenoxy) is 1. The summed E-state index contributed by atoms with van der Waals surface area (Å²) in [6, 6.07) is -0.272. The SMILES string of the molecule is CC(C)C(CC(=O)O)n1nnnc1COC(C)(C)C. The van der Waals surface area contributed by atoms with Crippen molar-refractivity contribution < 1.29 is 14.6 Å².